The fraction of sp³-hybridized carbons (Fsp3) is 0.421. The summed E-state index contributed by atoms with van der Waals surface area (Å²) in [5, 5.41) is 5.23. The second-order valence-corrected chi connectivity index (χ2v) is 7.28. The van der Waals surface area contributed by atoms with E-state index in [1.165, 1.54) is 15.3 Å². The van der Waals surface area contributed by atoms with Gasteiger partial charge in [0.2, 0.25) is 0 Å². The molecule has 124 valence electrons. The third-order valence-electron chi connectivity index (χ3n) is 4.37. The van der Waals surface area contributed by atoms with Crippen LogP contribution in [0.3, 0.4) is 0 Å². The third kappa shape index (κ3) is 4.43. The Kier molecular flexibility index (Phi) is 5.97. The zero-order valence-electron chi connectivity index (χ0n) is 14.7. The second-order valence-electron chi connectivity index (χ2n) is 6.25. The van der Waals surface area contributed by atoms with Crippen molar-refractivity contribution in [2.45, 2.75) is 47.2 Å². The van der Waals surface area contributed by atoms with Crippen molar-refractivity contribution >= 4 is 22.9 Å². The molecule has 4 heteroatoms. The first kappa shape index (κ1) is 17.7. The molecule has 2 rings (SSSR count). The predicted octanol–water partition coefficient (Wildman–Crippen LogP) is 3.11. The van der Waals surface area contributed by atoms with E-state index in [2.05, 4.69) is 62.7 Å². The molecule has 3 nitrogen and oxygen atoms in total. The maximum absolute atomic E-state index is 12.7. The van der Waals surface area contributed by atoms with Crippen molar-refractivity contribution in [3.63, 3.8) is 0 Å². The maximum atomic E-state index is 12.7. The lowest BCUT2D eigenvalue weighted by Gasteiger charge is -2.24. The Bertz CT molecular complexity index is 641. The molecular weight excluding hydrogens is 304 g/mol. The van der Waals surface area contributed by atoms with Crippen LogP contribution in [0.2, 0.25) is 0 Å². The molecule has 0 saturated carbocycles. The predicted molar refractivity (Wildman–Crippen MR) is 98.3 cm³/mol. The highest BCUT2D eigenvalue weighted by Crippen LogP contribution is 2.21. The van der Waals surface area contributed by atoms with Crippen molar-refractivity contribution in [2.24, 2.45) is 0 Å². The standard InChI is InChI=1S/C19H26N2OS/c1-6-21(12-17-8-7-9-23-17)16(5)19(22)20-18-14(3)10-13(2)11-15(18)4/h7-11,16H,6,12H2,1-5H3,(H,20,22)/p+1/t16-/m0/s1. The molecule has 1 aromatic heterocycles. The lowest BCUT2D eigenvalue weighted by atomic mass is 10.0. The topological polar surface area (TPSA) is 33.5 Å². The number of thiophene rings is 1. The molecule has 1 aromatic carbocycles. The van der Waals surface area contributed by atoms with Gasteiger partial charge in [-0.2, -0.15) is 0 Å². The molecule has 0 aliphatic heterocycles. The average molecular weight is 332 g/mol. The highest BCUT2D eigenvalue weighted by atomic mass is 32.1. The second kappa shape index (κ2) is 7.75. The summed E-state index contributed by atoms with van der Waals surface area (Å²) >= 11 is 1.75. The molecule has 2 aromatic rings. The minimum Gasteiger partial charge on any atom is -0.321 e. The van der Waals surface area contributed by atoms with Crippen molar-refractivity contribution in [3.8, 4) is 0 Å². The number of carbonyl (C=O) groups excluding carboxylic acids is 1. The summed E-state index contributed by atoms with van der Waals surface area (Å²) in [4.78, 5) is 15.3. The highest BCUT2D eigenvalue weighted by molar-refractivity contribution is 7.09. The fourth-order valence-electron chi connectivity index (χ4n) is 3.02. The molecule has 2 atom stereocenters. The molecule has 23 heavy (non-hydrogen) atoms. The summed E-state index contributed by atoms with van der Waals surface area (Å²) < 4.78 is 0. The van der Waals surface area contributed by atoms with Gasteiger partial charge in [0.05, 0.1) is 11.4 Å². The minimum absolute atomic E-state index is 0.0813. The number of rotatable bonds is 6. The number of quaternary nitrogens is 1. The number of likely N-dealkylation sites (N-methyl/N-ethyl adjacent to an activating group) is 1. The number of anilines is 1. The largest absolute Gasteiger partial charge is 0.321 e. The van der Waals surface area contributed by atoms with Crippen molar-refractivity contribution in [3.05, 3.63) is 51.2 Å². The maximum Gasteiger partial charge on any atom is 0.282 e. The Morgan fingerprint density at radius 3 is 2.43 bits per heavy atom. The summed E-state index contributed by atoms with van der Waals surface area (Å²) in [7, 11) is 0. The van der Waals surface area contributed by atoms with Crippen LogP contribution in [0.5, 0.6) is 0 Å². The van der Waals surface area contributed by atoms with Crippen molar-refractivity contribution in [1.82, 2.24) is 0 Å². The SMILES string of the molecule is CC[NH+](Cc1cccs1)[C@@H](C)C(=O)Nc1c(C)cc(C)cc1C. The molecule has 0 radical (unpaired) electrons. The van der Waals surface area contributed by atoms with Gasteiger partial charge in [0.1, 0.15) is 6.54 Å². The lowest BCUT2D eigenvalue weighted by molar-refractivity contribution is -0.925. The van der Waals surface area contributed by atoms with E-state index in [9.17, 15) is 4.79 Å². The Morgan fingerprint density at radius 1 is 1.26 bits per heavy atom. The van der Waals surface area contributed by atoms with Crippen molar-refractivity contribution in [1.29, 1.82) is 0 Å². The van der Waals surface area contributed by atoms with Crippen LogP contribution in [0, 0.1) is 20.8 Å². The van der Waals surface area contributed by atoms with Gasteiger partial charge in [-0.15, -0.1) is 11.3 Å². The number of amides is 1. The van der Waals surface area contributed by atoms with Gasteiger partial charge in [0, 0.05) is 5.69 Å². The van der Waals surface area contributed by atoms with Crippen LogP contribution < -0.4 is 10.2 Å². The summed E-state index contributed by atoms with van der Waals surface area (Å²) in [6.45, 7) is 12.2. The number of carbonyl (C=O) groups is 1. The van der Waals surface area contributed by atoms with Gasteiger partial charge in [-0.25, -0.2) is 0 Å². The zero-order chi connectivity index (χ0) is 17.0. The van der Waals surface area contributed by atoms with Gasteiger partial charge in [0.25, 0.3) is 5.91 Å². The molecule has 0 aliphatic carbocycles. The van der Waals surface area contributed by atoms with Crippen LogP contribution in [0.25, 0.3) is 0 Å². The molecule has 0 saturated heterocycles. The lowest BCUT2D eigenvalue weighted by Crippen LogP contribution is -3.15. The molecular formula is C19H27N2OS+. The summed E-state index contributed by atoms with van der Waals surface area (Å²) in [5.41, 5.74) is 4.43. The number of hydrogen-bond donors (Lipinski definition) is 2. The van der Waals surface area contributed by atoms with E-state index in [0.29, 0.717) is 0 Å². The molecule has 1 amide bonds. The number of benzene rings is 1. The quantitative estimate of drug-likeness (QED) is 0.838. The molecule has 2 N–H and O–H groups in total. The number of aryl methyl sites for hydroxylation is 3. The first-order chi connectivity index (χ1) is 10.9. The Labute approximate surface area is 143 Å². The molecule has 0 fully saturated rings. The molecule has 1 unspecified atom stereocenters. The third-order valence-corrected chi connectivity index (χ3v) is 5.24. The summed E-state index contributed by atoms with van der Waals surface area (Å²) in [6.07, 6.45) is 0. The van der Waals surface area contributed by atoms with Crippen LogP contribution in [0.4, 0.5) is 5.69 Å². The van der Waals surface area contributed by atoms with Crippen molar-refractivity contribution in [2.75, 3.05) is 11.9 Å². The molecule has 0 bridgehead atoms. The van der Waals surface area contributed by atoms with Crippen LogP contribution >= 0.6 is 11.3 Å². The first-order valence-corrected chi connectivity index (χ1v) is 9.06. The van der Waals surface area contributed by atoms with E-state index in [1.54, 1.807) is 11.3 Å². The zero-order valence-corrected chi connectivity index (χ0v) is 15.5. The first-order valence-electron chi connectivity index (χ1n) is 8.18. The van der Waals surface area contributed by atoms with Crippen LogP contribution in [-0.4, -0.2) is 18.5 Å². The summed E-state index contributed by atoms with van der Waals surface area (Å²) in [6, 6.07) is 8.35. The smallest absolute Gasteiger partial charge is 0.282 e. The fourth-order valence-corrected chi connectivity index (χ4v) is 3.77. The van der Waals surface area contributed by atoms with E-state index in [-0.39, 0.29) is 11.9 Å². The Balaban J connectivity index is 2.10. The molecule has 0 spiro atoms. The van der Waals surface area contributed by atoms with E-state index in [0.717, 1.165) is 29.9 Å². The minimum atomic E-state index is -0.0813. The van der Waals surface area contributed by atoms with Gasteiger partial charge < -0.3 is 10.2 Å². The van der Waals surface area contributed by atoms with Crippen LogP contribution in [0.1, 0.15) is 35.4 Å². The van der Waals surface area contributed by atoms with Crippen LogP contribution in [0.15, 0.2) is 29.6 Å². The van der Waals surface area contributed by atoms with Gasteiger partial charge in [-0.3, -0.25) is 4.79 Å². The average Bonchev–Trinajstić information content (AvgIpc) is 3.00. The van der Waals surface area contributed by atoms with Gasteiger partial charge >= 0.3 is 0 Å². The van der Waals surface area contributed by atoms with Gasteiger partial charge in [-0.1, -0.05) is 23.8 Å². The van der Waals surface area contributed by atoms with Gasteiger partial charge in [-0.05, 0) is 57.2 Å². The number of hydrogen-bond acceptors (Lipinski definition) is 2. The monoisotopic (exact) mass is 331 g/mol. The number of nitrogens with one attached hydrogen (secondary N) is 2. The van der Waals surface area contributed by atoms with Crippen LogP contribution in [-0.2, 0) is 11.3 Å². The van der Waals surface area contributed by atoms with E-state index >= 15 is 0 Å². The molecule has 0 aliphatic rings. The van der Waals surface area contributed by atoms with E-state index < -0.39 is 0 Å². The highest BCUT2D eigenvalue weighted by Gasteiger charge is 2.25. The summed E-state index contributed by atoms with van der Waals surface area (Å²) in [5.74, 6) is 0.0912. The van der Waals surface area contributed by atoms with Crippen molar-refractivity contribution < 1.29 is 9.69 Å². The van der Waals surface area contributed by atoms with E-state index in [4.69, 9.17) is 0 Å². The molecule has 1 heterocycles. The van der Waals surface area contributed by atoms with E-state index in [1.807, 2.05) is 6.92 Å². The Hall–Kier alpha value is -1.65. The Morgan fingerprint density at radius 2 is 1.91 bits per heavy atom. The van der Waals surface area contributed by atoms with Gasteiger partial charge in [0.15, 0.2) is 6.04 Å². The normalized spacial score (nSPS) is 13.6.